The second kappa shape index (κ2) is 5.44. The lowest BCUT2D eigenvalue weighted by atomic mass is 10.00. The highest BCUT2D eigenvalue weighted by Crippen LogP contribution is 2.30. The topological polar surface area (TPSA) is 46.3 Å². The van der Waals surface area contributed by atoms with E-state index < -0.39 is 0 Å². The monoisotopic (exact) mass is 378 g/mol. The van der Waals surface area contributed by atoms with Gasteiger partial charge in [0.2, 0.25) is 0 Å². The zero-order valence-electron chi connectivity index (χ0n) is 11.0. The van der Waals surface area contributed by atoms with Crippen LogP contribution >= 0.6 is 22.6 Å². The molecule has 0 aromatic heterocycles. The summed E-state index contributed by atoms with van der Waals surface area (Å²) in [5.41, 5.74) is 9.44. The number of nitrogen functional groups attached to an aromatic ring is 1. The van der Waals surface area contributed by atoms with Crippen molar-refractivity contribution in [2.24, 2.45) is 0 Å². The minimum absolute atomic E-state index is 0.0490. The van der Waals surface area contributed by atoms with Crippen molar-refractivity contribution >= 4 is 39.9 Å². The van der Waals surface area contributed by atoms with Gasteiger partial charge in [-0.25, -0.2) is 0 Å². The number of anilines is 2. The molecule has 1 amide bonds. The standard InChI is InChI=1S/C16H15IN2O/c17-13-6-3-12(4-7-13)16(20)19-9-1-2-11-5-8-14(18)10-15(11)19/h3-8,10H,1-2,9,18H2. The summed E-state index contributed by atoms with van der Waals surface area (Å²) in [4.78, 5) is 14.5. The zero-order chi connectivity index (χ0) is 14.1. The van der Waals surface area contributed by atoms with Crippen LogP contribution in [-0.4, -0.2) is 12.5 Å². The number of halogens is 1. The Hall–Kier alpha value is -1.56. The second-order valence-corrected chi connectivity index (χ2v) is 6.20. The van der Waals surface area contributed by atoms with E-state index in [1.54, 1.807) is 0 Å². The summed E-state index contributed by atoms with van der Waals surface area (Å²) >= 11 is 2.24. The number of nitrogens with zero attached hydrogens (tertiary/aromatic N) is 1. The molecule has 0 fully saturated rings. The molecule has 102 valence electrons. The Bertz CT molecular complexity index is 652. The number of nitrogens with two attached hydrogens (primary N) is 1. The molecule has 1 aliphatic rings. The fraction of sp³-hybridized carbons (Fsp3) is 0.188. The predicted octanol–water partition coefficient (Wildman–Crippen LogP) is 3.47. The molecule has 3 nitrogen and oxygen atoms in total. The highest BCUT2D eigenvalue weighted by Gasteiger charge is 2.23. The Labute approximate surface area is 131 Å². The van der Waals surface area contributed by atoms with E-state index in [0.717, 1.165) is 34.2 Å². The van der Waals surface area contributed by atoms with Gasteiger partial charge in [0.25, 0.3) is 5.91 Å². The molecule has 0 aliphatic carbocycles. The van der Waals surface area contributed by atoms with E-state index in [2.05, 4.69) is 22.6 Å². The van der Waals surface area contributed by atoms with Crippen molar-refractivity contribution < 1.29 is 4.79 Å². The van der Waals surface area contributed by atoms with Gasteiger partial charge in [0.15, 0.2) is 0 Å². The number of amides is 1. The van der Waals surface area contributed by atoms with E-state index in [-0.39, 0.29) is 5.91 Å². The maximum absolute atomic E-state index is 12.7. The molecule has 2 aromatic rings. The summed E-state index contributed by atoms with van der Waals surface area (Å²) in [6, 6.07) is 13.5. The van der Waals surface area contributed by atoms with Crippen LogP contribution in [0.4, 0.5) is 11.4 Å². The van der Waals surface area contributed by atoms with Crippen molar-refractivity contribution in [3.05, 3.63) is 57.2 Å². The summed E-state index contributed by atoms with van der Waals surface area (Å²) in [7, 11) is 0. The first-order chi connectivity index (χ1) is 9.65. The molecule has 0 saturated carbocycles. The normalized spacial score (nSPS) is 13.9. The van der Waals surface area contributed by atoms with Gasteiger partial charge in [-0.2, -0.15) is 0 Å². The first-order valence-corrected chi connectivity index (χ1v) is 7.69. The third-order valence-corrected chi connectivity index (χ3v) is 4.28. The molecule has 2 N–H and O–H groups in total. The highest BCUT2D eigenvalue weighted by molar-refractivity contribution is 14.1. The lowest BCUT2D eigenvalue weighted by Gasteiger charge is -2.29. The molecule has 3 rings (SSSR count). The first-order valence-electron chi connectivity index (χ1n) is 6.61. The van der Waals surface area contributed by atoms with Crippen LogP contribution in [0.1, 0.15) is 22.3 Å². The zero-order valence-corrected chi connectivity index (χ0v) is 13.1. The van der Waals surface area contributed by atoms with Gasteiger partial charge >= 0.3 is 0 Å². The summed E-state index contributed by atoms with van der Waals surface area (Å²) in [5.74, 6) is 0.0490. The number of carbonyl (C=O) groups excluding carboxylic acids is 1. The largest absolute Gasteiger partial charge is 0.399 e. The second-order valence-electron chi connectivity index (χ2n) is 4.96. The highest BCUT2D eigenvalue weighted by atomic mass is 127. The van der Waals surface area contributed by atoms with E-state index in [1.807, 2.05) is 47.4 Å². The average molecular weight is 378 g/mol. The Morgan fingerprint density at radius 3 is 2.65 bits per heavy atom. The Morgan fingerprint density at radius 2 is 1.90 bits per heavy atom. The maximum atomic E-state index is 12.7. The third-order valence-electron chi connectivity index (χ3n) is 3.56. The van der Waals surface area contributed by atoms with Crippen molar-refractivity contribution in [3.63, 3.8) is 0 Å². The van der Waals surface area contributed by atoms with E-state index in [1.165, 1.54) is 5.56 Å². The van der Waals surface area contributed by atoms with Crippen LogP contribution in [0.25, 0.3) is 0 Å². The van der Waals surface area contributed by atoms with Crippen LogP contribution in [0.15, 0.2) is 42.5 Å². The fourth-order valence-corrected chi connectivity index (χ4v) is 2.91. The molecule has 0 unspecified atom stereocenters. The van der Waals surface area contributed by atoms with E-state index >= 15 is 0 Å². The minimum atomic E-state index is 0.0490. The Kier molecular flexibility index (Phi) is 3.65. The van der Waals surface area contributed by atoms with Gasteiger partial charge in [-0.15, -0.1) is 0 Å². The molecule has 0 spiro atoms. The molecule has 0 radical (unpaired) electrons. The lowest BCUT2D eigenvalue weighted by molar-refractivity contribution is 0.0985. The molecule has 1 heterocycles. The van der Waals surface area contributed by atoms with Crippen molar-refractivity contribution in [2.75, 3.05) is 17.2 Å². The van der Waals surface area contributed by atoms with E-state index in [4.69, 9.17) is 5.73 Å². The van der Waals surface area contributed by atoms with Crippen LogP contribution in [0.5, 0.6) is 0 Å². The summed E-state index contributed by atoms with van der Waals surface area (Å²) in [6.45, 7) is 0.751. The van der Waals surface area contributed by atoms with Gasteiger partial charge in [-0.05, 0) is 77.4 Å². The third kappa shape index (κ3) is 2.52. The number of benzene rings is 2. The Morgan fingerprint density at radius 1 is 1.15 bits per heavy atom. The fourth-order valence-electron chi connectivity index (χ4n) is 2.55. The molecule has 1 aliphatic heterocycles. The van der Waals surface area contributed by atoms with Crippen molar-refractivity contribution in [1.82, 2.24) is 0 Å². The van der Waals surface area contributed by atoms with Gasteiger partial charge in [0, 0.05) is 27.1 Å². The van der Waals surface area contributed by atoms with Crippen molar-refractivity contribution in [3.8, 4) is 0 Å². The SMILES string of the molecule is Nc1ccc2c(c1)N(C(=O)c1ccc(I)cc1)CCC2. The van der Waals surface area contributed by atoms with E-state index in [9.17, 15) is 4.79 Å². The molecule has 0 bridgehead atoms. The van der Waals surface area contributed by atoms with Crippen LogP contribution in [0.3, 0.4) is 0 Å². The number of hydrogen-bond donors (Lipinski definition) is 1. The Balaban J connectivity index is 1.97. The van der Waals surface area contributed by atoms with Crippen LogP contribution < -0.4 is 10.6 Å². The molecular formula is C16H15IN2O. The van der Waals surface area contributed by atoms with Crippen LogP contribution in [0.2, 0.25) is 0 Å². The van der Waals surface area contributed by atoms with Gasteiger partial charge < -0.3 is 10.6 Å². The number of aryl methyl sites for hydroxylation is 1. The summed E-state index contributed by atoms with van der Waals surface area (Å²) < 4.78 is 1.13. The van der Waals surface area contributed by atoms with E-state index in [0.29, 0.717) is 5.69 Å². The smallest absolute Gasteiger partial charge is 0.258 e. The molecule has 4 heteroatoms. The quantitative estimate of drug-likeness (QED) is 0.610. The van der Waals surface area contributed by atoms with Gasteiger partial charge in [-0.3, -0.25) is 4.79 Å². The van der Waals surface area contributed by atoms with Gasteiger partial charge in [0.05, 0.1) is 0 Å². The van der Waals surface area contributed by atoms with Crippen molar-refractivity contribution in [2.45, 2.75) is 12.8 Å². The number of carbonyl (C=O) groups is 1. The summed E-state index contributed by atoms with van der Waals surface area (Å²) in [5, 5.41) is 0. The van der Waals surface area contributed by atoms with Crippen LogP contribution in [0, 0.1) is 3.57 Å². The molecule has 0 saturated heterocycles. The van der Waals surface area contributed by atoms with Gasteiger partial charge in [0.1, 0.15) is 0 Å². The average Bonchev–Trinajstić information content (AvgIpc) is 2.46. The predicted molar refractivity (Wildman–Crippen MR) is 90.0 cm³/mol. The lowest BCUT2D eigenvalue weighted by Crippen LogP contribution is -2.35. The first kappa shape index (κ1) is 13.4. The molecular weight excluding hydrogens is 363 g/mol. The molecule has 20 heavy (non-hydrogen) atoms. The number of hydrogen-bond acceptors (Lipinski definition) is 2. The van der Waals surface area contributed by atoms with Crippen LogP contribution in [-0.2, 0) is 6.42 Å². The summed E-state index contributed by atoms with van der Waals surface area (Å²) in [6.07, 6.45) is 2.00. The van der Waals surface area contributed by atoms with Crippen molar-refractivity contribution in [1.29, 1.82) is 0 Å². The minimum Gasteiger partial charge on any atom is -0.399 e. The molecule has 2 aromatic carbocycles. The number of fused-ring (bicyclic) bond motifs is 1. The maximum Gasteiger partial charge on any atom is 0.258 e. The molecule has 0 atom stereocenters. The number of rotatable bonds is 1. The van der Waals surface area contributed by atoms with Gasteiger partial charge in [-0.1, -0.05) is 6.07 Å².